The van der Waals surface area contributed by atoms with Crippen LogP contribution in [0, 0.1) is 0 Å². The van der Waals surface area contributed by atoms with Gasteiger partial charge >= 0.3 is 0 Å². The van der Waals surface area contributed by atoms with Crippen LogP contribution in [0.5, 0.6) is 5.75 Å². The largest absolute Gasteiger partial charge is 0.479 e. The summed E-state index contributed by atoms with van der Waals surface area (Å²) in [5.41, 5.74) is 2.42. The fourth-order valence-corrected chi connectivity index (χ4v) is 5.48. The Balaban J connectivity index is 0.00000289. The molecule has 2 aliphatic heterocycles. The molecule has 5 rings (SSSR count). The number of hydrogen-bond donors (Lipinski definition) is 3. The van der Waals surface area contributed by atoms with Crippen LogP contribution in [-0.4, -0.2) is 48.0 Å². The number of nitrogens with zero attached hydrogens (tertiary/aromatic N) is 1. The minimum absolute atomic E-state index is 0. The van der Waals surface area contributed by atoms with Crippen LogP contribution < -0.4 is 20.7 Å². The van der Waals surface area contributed by atoms with Gasteiger partial charge in [0.05, 0.1) is 11.3 Å². The van der Waals surface area contributed by atoms with Crippen LogP contribution in [0.3, 0.4) is 0 Å². The summed E-state index contributed by atoms with van der Waals surface area (Å²) in [5.74, 6) is 0.147. The van der Waals surface area contributed by atoms with Gasteiger partial charge in [-0.2, -0.15) is 0 Å². The molecule has 0 radical (unpaired) electrons. The first-order valence-corrected chi connectivity index (χ1v) is 12.6. The van der Waals surface area contributed by atoms with Gasteiger partial charge in [0.15, 0.2) is 6.10 Å². The lowest BCUT2D eigenvalue weighted by atomic mass is 9.89. The molecule has 3 N–H and O–H groups in total. The van der Waals surface area contributed by atoms with Crippen LogP contribution >= 0.6 is 24.0 Å². The lowest BCUT2D eigenvalue weighted by Crippen LogP contribution is -2.47. The average Bonchev–Trinajstić information content (AvgIpc) is 3.35. The molecule has 3 aliphatic rings. The highest BCUT2D eigenvalue weighted by Crippen LogP contribution is 2.34. The molecule has 9 heteroatoms. The molecule has 0 aromatic heterocycles. The van der Waals surface area contributed by atoms with Gasteiger partial charge in [0.2, 0.25) is 0 Å². The van der Waals surface area contributed by atoms with Crippen LogP contribution in [0.15, 0.2) is 36.4 Å². The number of carbonyl (C=O) groups is 2. The molecule has 0 bridgehead atoms. The number of anilines is 3. The number of halogens is 2. The average molecular weight is 519 g/mol. The van der Waals surface area contributed by atoms with E-state index in [1.165, 1.54) is 32.1 Å². The van der Waals surface area contributed by atoms with Crippen LogP contribution in [0.25, 0.3) is 0 Å². The number of fused-ring (bicyclic) bond motifs is 1. The minimum atomic E-state index is -0.542. The maximum absolute atomic E-state index is 13.3. The van der Waals surface area contributed by atoms with Crippen molar-refractivity contribution in [3.63, 3.8) is 0 Å². The Morgan fingerprint density at radius 1 is 1.09 bits per heavy atom. The van der Waals surface area contributed by atoms with Crippen molar-refractivity contribution in [3.8, 4) is 5.75 Å². The van der Waals surface area contributed by atoms with Gasteiger partial charge in [0.1, 0.15) is 5.75 Å². The van der Waals surface area contributed by atoms with Crippen LogP contribution in [0.2, 0.25) is 5.02 Å². The summed E-state index contributed by atoms with van der Waals surface area (Å²) >= 11 is 6.33. The van der Waals surface area contributed by atoms with Crippen LogP contribution in [0.4, 0.5) is 17.1 Å². The lowest BCUT2D eigenvalue weighted by molar-refractivity contribution is -0.122. The van der Waals surface area contributed by atoms with Crippen molar-refractivity contribution in [3.05, 3.63) is 47.0 Å². The summed E-state index contributed by atoms with van der Waals surface area (Å²) in [6.07, 6.45) is 6.68. The minimum Gasteiger partial charge on any atom is -0.479 e. The number of nitrogens with one attached hydrogen (secondary N) is 3. The Morgan fingerprint density at radius 2 is 1.86 bits per heavy atom. The Kier molecular flexibility index (Phi) is 8.09. The molecule has 0 spiro atoms. The summed E-state index contributed by atoms with van der Waals surface area (Å²) in [4.78, 5) is 27.8. The Labute approximate surface area is 217 Å². The molecule has 7 nitrogen and oxygen atoms in total. The number of hydrogen-bond acceptors (Lipinski definition) is 5. The predicted molar refractivity (Wildman–Crippen MR) is 142 cm³/mol. The van der Waals surface area contributed by atoms with Crippen molar-refractivity contribution in [2.45, 2.75) is 63.6 Å². The maximum Gasteiger partial charge on any atom is 0.265 e. The Hall–Kier alpha value is -2.48. The van der Waals surface area contributed by atoms with E-state index in [1.807, 2.05) is 6.07 Å². The van der Waals surface area contributed by atoms with Gasteiger partial charge < -0.3 is 20.7 Å². The summed E-state index contributed by atoms with van der Waals surface area (Å²) in [5, 5.41) is 10.0. The van der Waals surface area contributed by atoms with Crippen molar-refractivity contribution in [1.82, 2.24) is 4.90 Å². The fourth-order valence-electron chi connectivity index (χ4n) is 5.31. The molecule has 3 atom stereocenters. The highest BCUT2D eigenvalue weighted by Gasteiger charge is 2.32. The highest BCUT2D eigenvalue weighted by atomic mass is 35.5. The zero-order valence-corrected chi connectivity index (χ0v) is 21.4. The van der Waals surface area contributed by atoms with Gasteiger partial charge in [-0.05, 0) is 82.1 Å². The van der Waals surface area contributed by atoms with E-state index in [4.69, 9.17) is 16.3 Å². The van der Waals surface area contributed by atoms with Gasteiger partial charge in [-0.25, -0.2) is 0 Å². The predicted octanol–water partition coefficient (Wildman–Crippen LogP) is 5.55. The maximum atomic E-state index is 13.3. The molecule has 188 valence electrons. The van der Waals surface area contributed by atoms with Crippen molar-refractivity contribution in [2.75, 3.05) is 29.0 Å². The second-order valence-corrected chi connectivity index (χ2v) is 9.89. The van der Waals surface area contributed by atoms with E-state index < -0.39 is 6.10 Å². The first-order valence-electron chi connectivity index (χ1n) is 12.2. The van der Waals surface area contributed by atoms with Gasteiger partial charge in [0, 0.05) is 28.5 Å². The quantitative estimate of drug-likeness (QED) is 0.483. The van der Waals surface area contributed by atoms with E-state index >= 15 is 0 Å². The Morgan fingerprint density at radius 3 is 2.66 bits per heavy atom. The van der Waals surface area contributed by atoms with E-state index in [0.717, 1.165) is 25.2 Å². The van der Waals surface area contributed by atoms with Gasteiger partial charge in [-0.15, -0.1) is 12.4 Å². The zero-order valence-electron chi connectivity index (χ0n) is 19.8. The second kappa shape index (κ2) is 11.1. The number of amides is 2. The third-order valence-corrected chi connectivity index (χ3v) is 7.31. The molecule has 2 amide bonds. The number of likely N-dealkylation sites (tertiary alicyclic amines) is 1. The SMILES string of the molecule is C[C@H]1Oc2ccc(NC(=O)c3ccc(Cl)cc3N[C@@H]3CCCC[C@@H]3N3CCCC3)cc2NC1=O.Cl. The van der Waals surface area contributed by atoms with E-state index in [2.05, 4.69) is 20.9 Å². The molecule has 2 heterocycles. The number of benzene rings is 2. The summed E-state index contributed by atoms with van der Waals surface area (Å²) < 4.78 is 5.60. The van der Waals surface area contributed by atoms with Crippen molar-refractivity contribution in [2.24, 2.45) is 0 Å². The summed E-state index contributed by atoms with van der Waals surface area (Å²) in [6.45, 7) is 4.01. The fraction of sp³-hybridized carbons (Fsp3) is 0.462. The molecular weight excluding hydrogens is 487 g/mol. The van der Waals surface area contributed by atoms with Crippen LogP contribution in [-0.2, 0) is 4.79 Å². The zero-order chi connectivity index (χ0) is 23.7. The molecule has 1 saturated heterocycles. The van der Waals surface area contributed by atoms with E-state index in [-0.39, 0.29) is 30.3 Å². The molecule has 35 heavy (non-hydrogen) atoms. The topological polar surface area (TPSA) is 82.7 Å². The molecular formula is C26H32Cl2N4O3. The molecule has 2 fully saturated rings. The number of carbonyl (C=O) groups excluding carboxylic acids is 2. The molecule has 1 aliphatic carbocycles. The van der Waals surface area contributed by atoms with Gasteiger partial charge in [-0.3, -0.25) is 14.5 Å². The molecule has 1 saturated carbocycles. The van der Waals surface area contributed by atoms with E-state index in [1.54, 1.807) is 37.3 Å². The van der Waals surface area contributed by atoms with Gasteiger partial charge in [0.25, 0.3) is 11.8 Å². The van der Waals surface area contributed by atoms with Gasteiger partial charge in [-0.1, -0.05) is 24.4 Å². The van der Waals surface area contributed by atoms with Crippen molar-refractivity contribution in [1.29, 1.82) is 0 Å². The Bertz CT molecular complexity index is 1090. The third kappa shape index (κ3) is 5.68. The van der Waals surface area contributed by atoms with E-state index in [9.17, 15) is 9.59 Å². The molecule has 0 unspecified atom stereocenters. The second-order valence-electron chi connectivity index (χ2n) is 9.45. The first-order chi connectivity index (χ1) is 16.5. The summed E-state index contributed by atoms with van der Waals surface area (Å²) in [6, 6.07) is 11.4. The van der Waals surface area contributed by atoms with Crippen molar-refractivity contribution < 1.29 is 14.3 Å². The number of ether oxygens (including phenoxy) is 1. The number of rotatable bonds is 5. The van der Waals surface area contributed by atoms with Crippen LogP contribution in [0.1, 0.15) is 55.8 Å². The molecule has 2 aromatic carbocycles. The normalized spacial score (nSPS) is 23.9. The lowest BCUT2D eigenvalue weighted by Gasteiger charge is -2.39. The monoisotopic (exact) mass is 518 g/mol. The highest BCUT2D eigenvalue weighted by molar-refractivity contribution is 6.31. The summed E-state index contributed by atoms with van der Waals surface area (Å²) in [7, 11) is 0. The first kappa shape index (κ1) is 25.6. The van der Waals surface area contributed by atoms with Crippen molar-refractivity contribution >= 4 is 52.9 Å². The third-order valence-electron chi connectivity index (χ3n) is 7.07. The standard InChI is InChI=1S/C26H31ClN4O3.ClH/c1-16-25(32)30-22-15-18(9-11-24(22)34-16)28-26(33)19-10-8-17(27)14-21(19)29-20-6-2-3-7-23(20)31-12-4-5-13-31;/h8-11,14-16,20,23,29H,2-7,12-13H2,1H3,(H,28,33)(H,30,32);1H/t16-,20-,23+;/m1./s1. The smallest absolute Gasteiger partial charge is 0.265 e. The van der Waals surface area contributed by atoms with E-state index in [0.29, 0.717) is 33.8 Å². The molecule has 2 aromatic rings.